The van der Waals surface area contributed by atoms with Crippen molar-refractivity contribution in [1.29, 1.82) is 0 Å². The maximum atomic E-state index is 12.9. The highest BCUT2D eigenvalue weighted by Crippen LogP contribution is 2.34. The SMILES string of the molecule is CC.CC.CC.COC1C[C@@H](C)C2=NCCN3C(O)OC(COC(=O)C(C)C(=O)[C@H](C)[C@H]1C)C3C2C. The van der Waals surface area contributed by atoms with Crippen LogP contribution in [-0.2, 0) is 23.8 Å². The number of ether oxygens (including phenoxy) is 3. The summed E-state index contributed by atoms with van der Waals surface area (Å²) in [5.41, 5.74) is 1.06. The van der Waals surface area contributed by atoms with Gasteiger partial charge in [-0.25, -0.2) is 4.90 Å². The van der Waals surface area contributed by atoms with Crippen molar-refractivity contribution < 1.29 is 28.9 Å². The average Bonchev–Trinajstić information content (AvgIpc) is 3.12. The predicted octanol–water partition coefficient (Wildman–Crippen LogP) is 4.58. The van der Waals surface area contributed by atoms with Gasteiger partial charge in [0.25, 0.3) is 0 Å². The van der Waals surface area contributed by atoms with Crippen molar-refractivity contribution >= 4 is 17.5 Å². The smallest absolute Gasteiger partial charge is 0.316 e. The molecule has 8 heteroatoms. The highest BCUT2D eigenvalue weighted by Gasteiger charge is 2.48. The van der Waals surface area contributed by atoms with E-state index < -0.39 is 24.4 Å². The van der Waals surface area contributed by atoms with Gasteiger partial charge in [-0.3, -0.25) is 14.6 Å². The molecule has 0 spiro atoms. The van der Waals surface area contributed by atoms with Gasteiger partial charge in [0.15, 0.2) is 0 Å². The molecule has 3 aliphatic heterocycles. The second-order valence-corrected chi connectivity index (χ2v) is 9.14. The van der Waals surface area contributed by atoms with Crippen molar-refractivity contribution in [3.8, 4) is 0 Å². The number of carbonyl (C=O) groups excluding carboxylic acids is 2. The Labute approximate surface area is 220 Å². The second-order valence-electron chi connectivity index (χ2n) is 9.14. The van der Waals surface area contributed by atoms with Gasteiger partial charge in [0, 0.05) is 31.2 Å². The summed E-state index contributed by atoms with van der Waals surface area (Å²) in [7, 11) is 1.67. The van der Waals surface area contributed by atoms with Gasteiger partial charge >= 0.3 is 5.97 Å². The lowest BCUT2D eigenvalue weighted by atomic mass is 9.78. The number of fused-ring (bicyclic) bond motifs is 1. The van der Waals surface area contributed by atoms with Crippen LogP contribution in [0.4, 0.5) is 0 Å². The number of carbonyl (C=O) groups is 2. The van der Waals surface area contributed by atoms with Gasteiger partial charge in [-0.1, -0.05) is 69.2 Å². The number of rotatable bonds is 1. The summed E-state index contributed by atoms with van der Waals surface area (Å²) in [6.45, 7) is 22.9. The minimum atomic E-state index is -1.05. The molecule has 3 rings (SSSR count). The molecule has 0 radical (unpaired) electrons. The molecule has 36 heavy (non-hydrogen) atoms. The highest BCUT2D eigenvalue weighted by atomic mass is 16.7. The predicted molar refractivity (Wildman–Crippen MR) is 145 cm³/mol. The van der Waals surface area contributed by atoms with Crippen LogP contribution in [-0.4, -0.2) is 78.9 Å². The lowest BCUT2D eigenvalue weighted by molar-refractivity contribution is -0.168. The minimum Gasteiger partial charge on any atom is -0.462 e. The third kappa shape index (κ3) is 8.07. The Morgan fingerprint density at radius 2 is 1.56 bits per heavy atom. The van der Waals surface area contributed by atoms with E-state index in [4.69, 9.17) is 19.2 Å². The second kappa shape index (κ2) is 17.2. The molecule has 0 amide bonds. The summed E-state index contributed by atoms with van der Waals surface area (Å²) >= 11 is 0. The van der Waals surface area contributed by atoms with E-state index >= 15 is 0 Å². The molecular weight excluding hydrogens is 460 g/mol. The zero-order valence-corrected chi connectivity index (χ0v) is 24.9. The molecule has 3 aliphatic rings. The van der Waals surface area contributed by atoms with Crippen LogP contribution < -0.4 is 0 Å². The van der Waals surface area contributed by atoms with Gasteiger partial charge in [-0.05, 0) is 25.2 Å². The number of cyclic esters (lactones) is 1. The number of nitrogens with zero attached hydrogens (tertiary/aromatic N) is 2. The number of Topliss-reactive ketones (excluding diaryl/α,β-unsaturated/α-hetero) is 1. The molecule has 212 valence electrons. The van der Waals surface area contributed by atoms with E-state index in [1.807, 2.05) is 60.3 Å². The van der Waals surface area contributed by atoms with E-state index in [-0.39, 0.29) is 48.2 Å². The van der Waals surface area contributed by atoms with Crippen molar-refractivity contribution in [2.45, 2.75) is 107 Å². The molecule has 0 aromatic heterocycles. The third-order valence-electron chi connectivity index (χ3n) is 7.36. The Hall–Kier alpha value is -1.35. The maximum absolute atomic E-state index is 12.9. The summed E-state index contributed by atoms with van der Waals surface area (Å²) in [6, 6.07) is -0.150. The number of hydrogen-bond donors (Lipinski definition) is 1. The van der Waals surface area contributed by atoms with Gasteiger partial charge in [-0.2, -0.15) is 0 Å². The minimum absolute atomic E-state index is 0.00527. The standard InChI is InChI=1S/C22H36N2O6.3C2H6/c1-11-9-16(28-6)12(2)13(3)20(25)15(5)21(26)29-10-17-19-14(4)18(11)23-7-8-24(19)22(27)30-17;3*1-2/h11-17,19,22,27H,7-10H2,1-6H3;3*1-2H3/t11-,12-,13-,14?,15?,16?,17?,19?,22?;;;/m1.../s1. The molecular formula is C28H54N2O6. The molecule has 9 atom stereocenters. The fraction of sp³-hybridized carbons (Fsp3) is 0.893. The summed E-state index contributed by atoms with van der Waals surface area (Å²) in [5.74, 6) is -1.76. The molecule has 2 bridgehead atoms. The fourth-order valence-electron chi connectivity index (χ4n) is 5.28. The zero-order valence-electron chi connectivity index (χ0n) is 24.9. The summed E-state index contributed by atoms with van der Waals surface area (Å²) in [6.07, 6.45) is -0.930. The van der Waals surface area contributed by atoms with E-state index in [0.29, 0.717) is 13.1 Å². The average molecular weight is 515 g/mol. The molecule has 2 fully saturated rings. The molecule has 3 heterocycles. The van der Waals surface area contributed by atoms with Gasteiger partial charge in [-0.15, -0.1) is 0 Å². The molecule has 8 nitrogen and oxygen atoms in total. The first kappa shape index (κ1) is 34.6. The number of aliphatic imine (C=N–C) groups is 1. The van der Waals surface area contributed by atoms with Crippen LogP contribution in [0.2, 0.25) is 0 Å². The van der Waals surface area contributed by atoms with Crippen LogP contribution in [0.3, 0.4) is 0 Å². The largest absolute Gasteiger partial charge is 0.462 e. The molecule has 2 saturated heterocycles. The fourth-order valence-corrected chi connectivity index (χ4v) is 5.28. The molecule has 0 saturated carbocycles. The van der Waals surface area contributed by atoms with Gasteiger partial charge in [0.05, 0.1) is 18.7 Å². The van der Waals surface area contributed by atoms with Crippen molar-refractivity contribution in [2.75, 3.05) is 26.8 Å². The Bertz CT molecular complexity index is 685. The van der Waals surface area contributed by atoms with E-state index in [0.717, 1.165) is 12.1 Å². The number of aliphatic hydroxyl groups excluding tert-OH is 1. The number of esters is 1. The first-order valence-corrected chi connectivity index (χ1v) is 14.0. The quantitative estimate of drug-likeness (QED) is 0.404. The molecule has 0 aromatic carbocycles. The monoisotopic (exact) mass is 514 g/mol. The first-order chi connectivity index (χ1) is 17.2. The zero-order chi connectivity index (χ0) is 28.2. The van der Waals surface area contributed by atoms with Crippen molar-refractivity contribution in [3.05, 3.63) is 0 Å². The molecule has 0 aromatic rings. The van der Waals surface area contributed by atoms with Crippen LogP contribution >= 0.6 is 0 Å². The van der Waals surface area contributed by atoms with E-state index in [2.05, 4.69) is 13.8 Å². The number of hydrogen-bond acceptors (Lipinski definition) is 8. The van der Waals surface area contributed by atoms with Crippen molar-refractivity contribution in [3.63, 3.8) is 0 Å². The number of methoxy groups -OCH3 is 1. The van der Waals surface area contributed by atoms with Crippen LogP contribution in [0.15, 0.2) is 4.99 Å². The van der Waals surface area contributed by atoms with E-state index in [1.54, 1.807) is 14.0 Å². The molecule has 6 unspecified atom stereocenters. The Morgan fingerprint density at radius 3 is 2.11 bits per heavy atom. The maximum Gasteiger partial charge on any atom is 0.316 e. The third-order valence-corrected chi connectivity index (χ3v) is 7.36. The topological polar surface area (TPSA) is 97.7 Å². The lowest BCUT2D eigenvalue weighted by Crippen LogP contribution is -2.47. The summed E-state index contributed by atoms with van der Waals surface area (Å²) in [5, 5.41) is 10.4. The van der Waals surface area contributed by atoms with Gasteiger partial charge in [0.1, 0.15) is 24.4 Å². The van der Waals surface area contributed by atoms with E-state index in [1.165, 1.54) is 0 Å². The Kier molecular flexibility index (Phi) is 16.6. The number of ketones is 1. The van der Waals surface area contributed by atoms with Crippen molar-refractivity contribution in [2.24, 2.45) is 34.6 Å². The highest BCUT2D eigenvalue weighted by molar-refractivity contribution is 5.99. The van der Waals surface area contributed by atoms with Crippen LogP contribution in [0.25, 0.3) is 0 Å². The van der Waals surface area contributed by atoms with Gasteiger partial charge in [0.2, 0.25) is 6.41 Å². The van der Waals surface area contributed by atoms with Crippen molar-refractivity contribution in [1.82, 2.24) is 4.90 Å². The first-order valence-electron chi connectivity index (χ1n) is 14.0. The summed E-state index contributed by atoms with van der Waals surface area (Å²) in [4.78, 5) is 32.3. The molecule has 0 aliphatic carbocycles. The Balaban J connectivity index is 0.00000190. The van der Waals surface area contributed by atoms with Gasteiger partial charge < -0.3 is 19.3 Å². The van der Waals surface area contributed by atoms with E-state index in [9.17, 15) is 14.7 Å². The summed E-state index contributed by atoms with van der Waals surface area (Å²) < 4.78 is 17.0. The Morgan fingerprint density at radius 1 is 0.972 bits per heavy atom. The lowest BCUT2D eigenvalue weighted by Gasteiger charge is -2.34. The number of aliphatic hydroxyl groups is 1. The van der Waals surface area contributed by atoms with Crippen LogP contribution in [0, 0.1) is 29.6 Å². The molecule has 1 N–H and O–H groups in total. The normalized spacial score (nSPS) is 37.2. The van der Waals surface area contributed by atoms with Crippen LogP contribution in [0.5, 0.6) is 0 Å². The van der Waals surface area contributed by atoms with Crippen LogP contribution in [0.1, 0.15) is 82.6 Å².